The van der Waals surface area contributed by atoms with E-state index in [9.17, 15) is 14.7 Å². The zero-order valence-corrected chi connectivity index (χ0v) is 12.8. The van der Waals surface area contributed by atoms with Crippen molar-refractivity contribution in [3.05, 3.63) is 35.4 Å². The highest BCUT2D eigenvalue weighted by atomic mass is 16.8. The first-order valence-corrected chi connectivity index (χ1v) is 7.52. The van der Waals surface area contributed by atoms with Gasteiger partial charge in [-0.1, -0.05) is 12.1 Å². The molecule has 1 N–H and O–H groups in total. The van der Waals surface area contributed by atoms with Crippen molar-refractivity contribution in [1.82, 2.24) is 4.90 Å². The molecule has 3 aliphatic heterocycles. The number of imide groups is 1. The summed E-state index contributed by atoms with van der Waals surface area (Å²) >= 11 is 0. The Morgan fingerprint density at radius 1 is 1.13 bits per heavy atom. The topological polar surface area (TPSA) is 85.3 Å². The predicted molar refractivity (Wildman–Crippen MR) is 76.5 cm³/mol. The van der Waals surface area contributed by atoms with Gasteiger partial charge in [0, 0.05) is 0 Å². The number of rotatable bonds is 2. The number of aliphatic hydroxyl groups excluding tert-OH is 1. The summed E-state index contributed by atoms with van der Waals surface area (Å²) in [4.78, 5) is 26.5. The monoisotopic (exact) mass is 319 g/mol. The molecule has 7 nitrogen and oxygen atoms in total. The Morgan fingerprint density at radius 2 is 1.74 bits per heavy atom. The first-order valence-electron chi connectivity index (χ1n) is 7.52. The van der Waals surface area contributed by atoms with E-state index in [1.54, 1.807) is 38.1 Å². The summed E-state index contributed by atoms with van der Waals surface area (Å²) in [5.74, 6) is -1.66. The van der Waals surface area contributed by atoms with Gasteiger partial charge >= 0.3 is 0 Å². The highest BCUT2D eigenvalue weighted by Crippen LogP contribution is 2.41. The first kappa shape index (κ1) is 14.8. The van der Waals surface area contributed by atoms with E-state index >= 15 is 0 Å². The van der Waals surface area contributed by atoms with Crippen molar-refractivity contribution < 1.29 is 28.9 Å². The van der Waals surface area contributed by atoms with Crippen molar-refractivity contribution in [2.75, 3.05) is 6.61 Å². The van der Waals surface area contributed by atoms with Gasteiger partial charge in [-0.15, -0.1) is 0 Å². The summed E-state index contributed by atoms with van der Waals surface area (Å²) in [7, 11) is 0. The van der Waals surface area contributed by atoms with Crippen LogP contribution in [0.5, 0.6) is 0 Å². The fourth-order valence-electron chi connectivity index (χ4n) is 3.50. The fraction of sp³-hybridized carbons (Fsp3) is 0.500. The van der Waals surface area contributed by atoms with Crippen molar-refractivity contribution in [2.24, 2.45) is 0 Å². The number of ether oxygens (including phenoxy) is 3. The van der Waals surface area contributed by atoms with E-state index in [1.165, 1.54) is 0 Å². The number of nitrogens with zero attached hydrogens (tertiary/aromatic N) is 1. The van der Waals surface area contributed by atoms with Crippen LogP contribution >= 0.6 is 0 Å². The Balaban J connectivity index is 1.72. The summed E-state index contributed by atoms with van der Waals surface area (Å²) < 4.78 is 17.1. The standard InChI is InChI=1S/C16H17NO6/c1-16(2)22-12-11(10(7-18)21-15(12)23-16)17-13(19)8-5-3-4-6-9(8)14(17)20/h3-6,10-12,15,18H,7H2,1-2H3/t10-,11-,12-,15+/m0/s1. The molecule has 3 aliphatic rings. The minimum atomic E-state index is -0.868. The Hall–Kier alpha value is -1.80. The van der Waals surface area contributed by atoms with E-state index in [0.29, 0.717) is 11.1 Å². The van der Waals surface area contributed by atoms with E-state index in [1.807, 2.05) is 0 Å². The fourth-order valence-corrected chi connectivity index (χ4v) is 3.50. The van der Waals surface area contributed by atoms with E-state index in [4.69, 9.17) is 14.2 Å². The number of carbonyl (C=O) groups excluding carboxylic acids is 2. The molecule has 23 heavy (non-hydrogen) atoms. The van der Waals surface area contributed by atoms with Crippen molar-refractivity contribution in [3.8, 4) is 0 Å². The van der Waals surface area contributed by atoms with E-state index < -0.39 is 42.1 Å². The summed E-state index contributed by atoms with van der Waals surface area (Å²) in [6.07, 6.45) is -2.07. The molecule has 0 spiro atoms. The number of benzene rings is 1. The lowest BCUT2D eigenvalue weighted by molar-refractivity contribution is -0.212. The smallest absolute Gasteiger partial charge is 0.261 e. The molecule has 4 atom stereocenters. The molecule has 0 saturated carbocycles. The van der Waals surface area contributed by atoms with Crippen LogP contribution in [0.3, 0.4) is 0 Å². The maximum Gasteiger partial charge on any atom is 0.261 e. The van der Waals surface area contributed by atoms with Gasteiger partial charge < -0.3 is 19.3 Å². The molecule has 4 rings (SSSR count). The number of amides is 2. The molecule has 3 heterocycles. The number of hydrogen-bond acceptors (Lipinski definition) is 6. The zero-order valence-electron chi connectivity index (χ0n) is 12.8. The van der Waals surface area contributed by atoms with Crippen LogP contribution in [-0.4, -0.2) is 58.8 Å². The van der Waals surface area contributed by atoms with Crippen LogP contribution in [0.2, 0.25) is 0 Å². The lowest BCUT2D eigenvalue weighted by Gasteiger charge is -2.30. The van der Waals surface area contributed by atoms with Gasteiger partial charge in [0.25, 0.3) is 11.8 Å². The van der Waals surface area contributed by atoms with Crippen molar-refractivity contribution in [3.63, 3.8) is 0 Å². The number of fused-ring (bicyclic) bond motifs is 2. The average Bonchev–Trinajstić information content (AvgIpc) is 3.07. The molecule has 122 valence electrons. The molecule has 0 aliphatic carbocycles. The predicted octanol–water partition coefficient (Wildman–Crippen LogP) is 0.520. The van der Waals surface area contributed by atoms with Gasteiger partial charge in [-0.2, -0.15) is 0 Å². The molecule has 1 aromatic carbocycles. The lowest BCUT2D eigenvalue weighted by atomic mass is 10.1. The molecule has 0 aromatic heterocycles. The van der Waals surface area contributed by atoms with Crippen LogP contribution in [0.15, 0.2) is 24.3 Å². The van der Waals surface area contributed by atoms with Crippen molar-refractivity contribution >= 4 is 11.8 Å². The van der Waals surface area contributed by atoms with Crippen LogP contribution in [-0.2, 0) is 14.2 Å². The second-order valence-electron chi connectivity index (χ2n) is 6.34. The van der Waals surface area contributed by atoms with Gasteiger partial charge in [-0.3, -0.25) is 14.5 Å². The Labute approximate surface area is 132 Å². The van der Waals surface area contributed by atoms with E-state index in [0.717, 1.165) is 4.90 Å². The van der Waals surface area contributed by atoms with Gasteiger partial charge in [0.1, 0.15) is 18.2 Å². The lowest BCUT2D eigenvalue weighted by Crippen LogP contribution is -2.52. The highest BCUT2D eigenvalue weighted by molar-refractivity contribution is 6.21. The second kappa shape index (κ2) is 4.85. The van der Waals surface area contributed by atoms with E-state index in [2.05, 4.69) is 0 Å². The molecular formula is C16H17NO6. The third-order valence-corrected chi connectivity index (χ3v) is 4.42. The Morgan fingerprint density at radius 3 is 2.30 bits per heavy atom. The minimum absolute atomic E-state index is 0.335. The third-order valence-electron chi connectivity index (χ3n) is 4.42. The normalized spacial score (nSPS) is 34.8. The average molecular weight is 319 g/mol. The molecule has 7 heteroatoms. The summed E-state index contributed by atoms with van der Waals surface area (Å²) in [6, 6.07) is 5.94. The molecule has 0 bridgehead atoms. The Kier molecular flexibility index (Phi) is 3.11. The van der Waals surface area contributed by atoms with Gasteiger partial charge in [-0.25, -0.2) is 0 Å². The molecule has 1 aromatic rings. The Bertz CT molecular complexity index is 652. The highest BCUT2D eigenvalue weighted by Gasteiger charge is 2.59. The largest absolute Gasteiger partial charge is 0.394 e. The molecule has 2 fully saturated rings. The van der Waals surface area contributed by atoms with Crippen LogP contribution in [0.4, 0.5) is 0 Å². The maximum absolute atomic E-state index is 12.7. The zero-order chi connectivity index (χ0) is 16.4. The van der Waals surface area contributed by atoms with Gasteiger partial charge in [0.15, 0.2) is 12.1 Å². The molecule has 2 saturated heterocycles. The van der Waals surface area contributed by atoms with Crippen LogP contribution in [0.1, 0.15) is 34.6 Å². The maximum atomic E-state index is 12.7. The quantitative estimate of drug-likeness (QED) is 0.800. The van der Waals surface area contributed by atoms with Crippen LogP contribution in [0.25, 0.3) is 0 Å². The van der Waals surface area contributed by atoms with Gasteiger partial charge in [0.2, 0.25) is 0 Å². The van der Waals surface area contributed by atoms with Gasteiger partial charge in [0.05, 0.1) is 17.7 Å². The summed E-state index contributed by atoms with van der Waals surface area (Å²) in [5, 5.41) is 9.59. The number of aliphatic hydroxyl groups is 1. The molecule has 0 unspecified atom stereocenters. The molecule has 2 amide bonds. The number of hydrogen-bond donors (Lipinski definition) is 1. The molecular weight excluding hydrogens is 302 g/mol. The molecule has 0 radical (unpaired) electrons. The van der Waals surface area contributed by atoms with E-state index in [-0.39, 0.29) is 6.61 Å². The van der Waals surface area contributed by atoms with Crippen molar-refractivity contribution in [1.29, 1.82) is 0 Å². The summed E-state index contributed by atoms with van der Waals surface area (Å²) in [6.45, 7) is 3.14. The van der Waals surface area contributed by atoms with Crippen molar-refractivity contribution in [2.45, 2.75) is 44.2 Å². The van der Waals surface area contributed by atoms with Crippen LogP contribution < -0.4 is 0 Å². The SMILES string of the molecule is CC1(C)O[C@H]2O[C@@H](CO)[C@H](N3C(=O)c4ccccc4C3=O)[C@@H]2O1. The number of carbonyl (C=O) groups is 2. The first-order chi connectivity index (χ1) is 10.9. The summed E-state index contributed by atoms with van der Waals surface area (Å²) in [5.41, 5.74) is 0.714. The third kappa shape index (κ3) is 2.05. The van der Waals surface area contributed by atoms with Crippen LogP contribution in [0, 0.1) is 0 Å². The van der Waals surface area contributed by atoms with Gasteiger partial charge in [-0.05, 0) is 26.0 Å². The second-order valence-corrected chi connectivity index (χ2v) is 6.34. The minimum Gasteiger partial charge on any atom is -0.394 e.